The number of carbonyl (C=O) groups excluding carboxylic acids is 1. The number of sulfonamides is 1. The largest absolute Gasteiger partial charge is 0.492 e. The van der Waals surface area contributed by atoms with Gasteiger partial charge in [-0.25, -0.2) is 8.42 Å². The molecular formula is C23H21ClN2O6S. The van der Waals surface area contributed by atoms with Crippen molar-refractivity contribution < 1.29 is 27.4 Å². The monoisotopic (exact) mass is 488 g/mol. The Morgan fingerprint density at radius 1 is 0.970 bits per heavy atom. The summed E-state index contributed by atoms with van der Waals surface area (Å²) in [5.74, 6) is 1.16. The van der Waals surface area contributed by atoms with Crippen molar-refractivity contribution in [2.45, 2.75) is 4.90 Å². The predicted octanol–water partition coefficient (Wildman–Crippen LogP) is 3.72. The van der Waals surface area contributed by atoms with Gasteiger partial charge in [-0.15, -0.1) is 0 Å². The molecule has 4 rings (SSSR count). The fourth-order valence-corrected chi connectivity index (χ4v) is 4.29. The third-order valence-electron chi connectivity index (χ3n) is 4.67. The Balaban J connectivity index is 1.35. The van der Waals surface area contributed by atoms with Crippen molar-refractivity contribution in [3.63, 3.8) is 0 Å². The number of hydrogen-bond acceptors (Lipinski definition) is 6. The molecule has 3 aromatic carbocycles. The normalized spacial score (nSPS) is 12.6. The second-order valence-electron chi connectivity index (χ2n) is 7.05. The summed E-state index contributed by atoms with van der Waals surface area (Å²) in [4.78, 5) is 12.5. The van der Waals surface area contributed by atoms with E-state index in [9.17, 15) is 13.2 Å². The molecule has 172 valence electrons. The lowest BCUT2D eigenvalue weighted by molar-refractivity contribution is 0.0947. The van der Waals surface area contributed by atoms with Gasteiger partial charge in [0.25, 0.3) is 15.9 Å². The fourth-order valence-electron chi connectivity index (χ4n) is 3.10. The average Bonchev–Trinajstić information content (AvgIpc) is 2.82. The molecule has 0 fully saturated rings. The summed E-state index contributed by atoms with van der Waals surface area (Å²) in [7, 11) is -3.89. The highest BCUT2D eigenvalue weighted by molar-refractivity contribution is 7.92. The summed E-state index contributed by atoms with van der Waals surface area (Å²) in [6, 6.07) is 17.5. The van der Waals surface area contributed by atoms with Crippen molar-refractivity contribution in [2.75, 3.05) is 31.1 Å². The first-order chi connectivity index (χ1) is 15.9. The number of benzene rings is 3. The number of hydrogen-bond donors (Lipinski definition) is 2. The second-order valence-corrected chi connectivity index (χ2v) is 9.17. The lowest BCUT2D eigenvalue weighted by Crippen LogP contribution is -2.28. The van der Waals surface area contributed by atoms with Gasteiger partial charge in [0, 0.05) is 22.3 Å². The topological polar surface area (TPSA) is 103 Å². The Kier molecular flexibility index (Phi) is 6.90. The van der Waals surface area contributed by atoms with Crippen LogP contribution in [0.25, 0.3) is 0 Å². The first-order valence-corrected chi connectivity index (χ1v) is 12.0. The van der Waals surface area contributed by atoms with Gasteiger partial charge < -0.3 is 19.5 Å². The van der Waals surface area contributed by atoms with Gasteiger partial charge in [0.1, 0.15) is 25.6 Å². The van der Waals surface area contributed by atoms with Crippen LogP contribution in [0.4, 0.5) is 5.69 Å². The maximum absolute atomic E-state index is 12.8. The van der Waals surface area contributed by atoms with E-state index >= 15 is 0 Å². The Bertz CT molecular complexity index is 1250. The summed E-state index contributed by atoms with van der Waals surface area (Å²) in [6.45, 7) is 1.31. The number of ether oxygens (including phenoxy) is 3. The number of anilines is 1. The minimum absolute atomic E-state index is 0.0287. The van der Waals surface area contributed by atoms with Crippen LogP contribution in [-0.4, -0.2) is 40.7 Å². The zero-order valence-corrected chi connectivity index (χ0v) is 19.0. The van der Waals surface area contributed by atoms with Gasteiger partial charge in [0.2, 0.25) is 0 Å². The summed E-state index contributed by atoms with van der Waals surface area (Å²) in [5.41, 5.74) is 0.568. The predicted molar refractivity (Wildman–Crippen MR) is 124 cm³/mol. The van der Waals surface area contributed by atoms with E-state index in [0.717, 1.165) is 0 Å². The number of fused-ring (bicyclic) bond motifs is 1. The van der Waals surface area contributed by atoms with Crippen molar-refractivity contribution >= 4 is 33.2 Å². The highest BCUT2D eigenvalue weighted by Crippen LogP contribution is 2.32. The van der Waals surface area contributed by atoms with E-state index in [4.69, 9.17) is 25.8 Å². The zero-order chi connectivity index (χ0) is 23.3. The molecular weight excluding hydrogens is 468 g/mol. The maximum Gasteiger partial charge on any atom is 0.262 e. The lowest BCUT2D eigenvalue weighted by Gasteiger charge is -2.19. The molecule has 0 saturated carbocycles. The van der Waals surface area contributed by atoms with E-state index < -0.39 is 10.0 Å². The van der Waals surface area contributed by atoms with Crippen LogP contribution in [-0.2, 0) is 10.0 Å². The highest BCUT2D eigenvalue weighted by atomic mass is 35.5. The molecule has 33 heavy (non-hydrogen) atoms. The van der Waals surface area contributed by atoms with Gasteiger partial charge in [-0.05, 0) is 54.6 Å². The van der Waals surface area contributed by atoms with Gasteiger partial charge in [-0.2, -0.15) is 0 Å². The van der Waals surface area contributed by atoms with Crippen LogP contribution in [0.3, 0.4) is 0 Å². The van der Waals surface area contributed by atoms with Crippen LogP contribution in [0.1, 0.15) is 10.4 Å². The third kappa shape index (κ3) is 5.88. The third-order valence-corrected chi connectivity index (χ3v) is 6.30. The molecule has 8 nitrogen and oxygen atoms in total. The van der Waals surface area contributed by atoms with Gasteiger partial charge in [0.15, 0.2) is 11.5 Å². The molecule has 1 amide bonds. The molecule has 0 aliphatic carbocycles. The summed E-state index contributed by atoms with van der Waals surface area (Å²) in [5, 5.41) is 3.35. The van der Waals surface area contributed by atoms with E-state index in [2.05, 4.69) is 10.0 Å². The lowest BCUT2D eigenvalue weighted by atomic mass is 10.2. The molecule has 0 aromatic heterocycles. The molecule has 1 aliphatic heterocycles. The van der Waals surface area contributed by atoms with E-state index in [1.165, 1.54) is 18.2 Å². The molecule has 0 atom stereocenters. The Morgan fingerprint density at radius 2 is 1.73 bits per heavy atom. The van der Waals surface area contributed by atoms with Crippen LogP contribution in [0.2, 0.25) is 5.02 Å². The molecule has 3 aromatic rings. The molecule has 0 bridgehead atoms. The van der Waals surface area contributed by atoms with Crippen LogP contribution in [0.15, 0.2) is 71.6 Å². The number of rotatable bonds is 8. The smallest absolute Gasteiger partial charge is 0.262 e. The van der Waals surface area contributed by atoms with Crippen molar-refractivity contribution in [1.29, 1.82) is 0 Å². The van der Waals surface area contributed by atoms with Gasteiger partial charge in [0.05, 0.1) is 11.4 Å². The Hall–Kier alpha value is -3.43. The van der Waals surface area contributed by atoms with E-state index in [1.807, 2.05) is 0 Å². The summed E-state index contributed by atoms with van der Waals surface area (Å²) >= 11 is 5.83. The first kappa shape index (κ1) is 22.8. The molecule has 10 heteroatoms. The number of carbonyl (C=O) groups is 1. The second kappa shape index (κ2) is 10.0. The SMILES string of the molecule is O=C(NCCOc1ccc(Cl)cc1)c1cccc(NS(=O)(=O)c2ccc3c(c2)OCCO3)c1. The van der Waals surface area contributed by atoms with Crippen molar-refractivity contribution in [2.24, 2.45) is 0 Å². The van der Waals surface area contributed by atoms with Crippen LogP contribution >= 0.6 is 11.6 Å². The number of nitrogens with one attached hydrogen (secondary N) is 2. The van der Waals surface area contributed by atoms with E-state index in [1.54, 1.807) is 48.5 Å². The van der Waals surface area contributed by atoms with Crippen molar-refractivity contribution in [3.05, 3.63) is 77.3 Å². The van der Waals surface area contributed by atoms with Gasteiger partial charge >= 0.3 is 0 Å². The van der Waals surface area contributed by atoms with Crippen molar-refractivity contribution in [3.8, 4) is 17.2 Å². The van der Waals surface area contributed by atoms with Crippen molar-refractivity contribution in [1.82, 2.24) is 5.32 Å². The standard InChI is InChI=1S/C23H21ClN2O6S/c24-17-4-6-19(7-5-17)30-11-10-25-23(27)16-2-1-3-18(14-16)26-33(28,29)20-8-9-21-22(15-20)32-13-12-31-21/h1-9,14-15,26H,10-13H2,(H,25,27). The molecule has 0 radical (unpaired) electrons. The van der Waals surface area contributed by atoms with Gasteiger partial charge in [-0.3, -0.25) is 9.52 Å². The Labute approximate surface area is 196 Å². The summed E-state index contributed by atoms with van der Waals surface area (Å²) < 4.78 is 44.5. The zero-order valence-electron chi connectivity index (χ0n) is 17.4. The van der Waals surface area contributed by atoms with E-state index in [0.29, 0.717) is 41.0 Å². The quantitative estimate of drug-likeness (QED) is 0.468. The minimum Gasteiger partial charge on any atom is -0.492 e. The molecule has 1 heterocycles. The van der Waals surface area contributed by atoms with E-state index in [-0.39, 0.29) is 29.6 Å². The molecule has 0 saturated heterocycles. The van der Waals surface area contributed by atoms with Gasteiger partial charge in [-0.1, -0.05) is 17.7 Å². The first-order valence-electron chi connectivity index (χ1n) is 10.1. The molecule has 0 spiro atoms. The van der Waals surface area contributed by atoms with Crippen LogP contribution in [0, 0.1) is 0 Å². The minimum atomic E-state index is -3.89. The Morgan fingerprint density at radius 3 is 2.52 bits per heavy atom. The van der Waals surface area contributed by atoms with Crippen LogP contribution in [0.5, 0.6) is 17.2 Å². The molecule has 2 N–H and O–H groups in total. The highest BCUT2D eigenvalue weighted by Gasteiger charge is 2.20. The van der Waals surface area contributed by atoms with Crippen LogP contribution < -0.4 is 24.2 Å². The average molecular weight is 489 g/mol. The molecule has 0 unspecified atom stereocenters. The number of halogens is 1. The molecule has 1 aliphatic rings. The fraction of sp³-hybridized carbons (Fsp3) is 0.174. The summed E-state index contributed by atoms with van der Waals surface area (Å²) in [6.07, 6.45) is 0. The maximum atomic E-state index is 12.8. The number of amides is 1.